The van der Waals surface area contributed by atoms with Gasteiger partial charge < -0.3 is 10.6 Å². The molecule has 0 heterocycles. The molecule has 3 N–H and O–H groups in total. The van der Waals surface area contributed by atoms with Gasteiger partial charge in [0.05, 0.1) is 6.54 Å². The lowest BCUT2D eigenvalue weighted by molar-refractivity contribution is -0.128. The third-order valence-corrected chi connectivity index (χ3v) is 3.32. The molecule has 0 aliphatic heterocycles. The molecule has 0 spiro atoms. The molecule has 1 aromatic rings. The molecule has 126 valence electrons. The molecule has 0 aliphatic rings. The average Bonchev–Trinajstić information content (AvgIpc) is 2.55. The second-order valence-electron chi connectivity index (χ2n) is 4.90. The van der Waals surface area contributed by atoms with Gasteiger partial charge in [-0.3, -0.25) is 19.8 Å². The van der Waals surface area contributed by atoms with Gasteiger partial charge in [0.1, 0.15) is 6.04 Å². The number of nitrogens with zero attached hydrogens (tertiary/aromatic N) is 1. The highest BCUT2D eigenvalue weighted by molar-refractivity contribution is 5.97. The van der Waals surface area contributed by atoms with Crippen molar-refractivity contribution in [3.05, 3.63) is 35.9 Å². The molecule has 0 aromatic heterocycles. The summed E-state index contributed by atoms with van der Waals surface area (Å²) in [5, 5.41) is 7.35. The molecule has 1 atom stereocenters. The van der Waals surface area contributed by atoms with E-state index in [0.29, 0.717) is 13.1 Å². The van der Waals surface area contributed by atoms with Crippen molar-refractivity contribution in [2.45, 2.75) is 19.9 Å². The number of benzene rings is 1. The predicted octanol–water partition coefficient (Wildman–Crippen LogP) is 0.641. The fraction of sp³-hybridized carbons (Fsp3) is 0.438. The average molecular weight is 320 g/mol. The lowest BCUT2D eigenvalue weighted by Crippen LogP contribution is -2.48. The van der Waals surface area contributed by atoms with Gasteiger partial charge in [0.15, 0.2) is 0 Å². The van der Waals surface area contributed by atoms with E-state index in [1.807, 2.05) is 32.0 Å². The van der Waals surface area contributed by atoms with Gasteiger partial charge in [0.2, 0.25) is 11.8 Å². The Morgan fingerprint density at radius 3 is 2.30 bits per heavy atom. The summed E-state index contributed by atoms with van der Waals surface area (Å²) in [6, 6.07) is 7.77. The summed E-state index contributed by atoms with van der Waals surface area (Å²) in [6.07, 6.45) is 0. The molecular formula is C16H24N4O3. The van der Waals surface area contributed by atoms with E-state index in [4.69, 9.17) is 0 Å². The minimum absolute atomic E-state index is 0.0745. The quantitative estimate of drug-likeness (QED) is 0.688. The Bertz CT molecular complexity index is 533. The molecule has 0 unspecified atom stereocenters. The number of urea groups is 1. The van der Waals surface area contributed by atoms with Gasteiger partial charge in [-0.15, -0.1) is 0 Å². The van der Waals surface area contributed by atoms with E-state index in [2.05, 4.69) is 16.0 Å². The molecular weight excluding hydrogens is 296 g/mol. The lowest BCUT2D eigenvalue weighted by atomic mass is 10.0. The molecule has 0 saturated carbocycles. The Balaban J connectivity index is 3.03. The van der Waals surface area contributed by atoms with Crippen molar-refractivity contribution in [3.8, 4) is 0 Å². The van der Waals surface area contributed by atoms with E-state index < -0.39 is 18.0 Å². The first-order valence-electron chi connectivity index (χ1n) is 7.61. The van der Waals surface area contributed by atoms with Gasteiger partial charge in [0.25, 0.3) is 0 Å². The standard InChI is InChI=1S/C16H24N4O3/c1-4-18-13(21)11-20(5-2)14(12-9-7-6-8-10-12)15(22)19-16(23)17-3/h6-10,14H,4-5,11H2,1-3H3,(H,18,21)(H2,17,19,22,23)/t14-/m1/s1. The van der Waals surface area contributed by atoms with Crippen molar-refractivity contribution < 1.29 is 14.4 Å². The topological polar surface area (TPSA) is 90.5 Å². The first-order chi connectivity index (χ1) is 11.0. The van der Waals surface area contributed by atoms with E-state index in [1.54, 1.807) is 17.0 Å². The molecule has 4 amide bonds. The molecule has 23 heavy (non-hydrogen) atoms. The second kappa shape index (κ2) is 9.58. The number of rotatable bonds is 7. The third-order valence-electron chi connectivity index (χ3n) is 3.32. The number of hydrogen-bond acceptors (Lipinski definition) is 4. The van der Waals surface area contributed by atoms with Crippen molar-refractivity contribution in [3.63, 3.8) is 0 Å². The normalized spacial score (nSPS) is 11.7. The fourth-order valence-electron chi connectivity index (χ4n) is 2.23. The molecule has 0 radical (unpaired) electrons. The van der Waals surface area contributed by atoms with Crippen LogP contribution in [0.4, 0.5) is 4.79 Å². The predicted molar refractivity (Wildman–Crippen MR) is 87.7 cm³/mol. The van der Waals surface area contributed by atoms with Gasteiger partial charge in [-0.05, 0) is 19.0 Å². The molecule has 7 nitrogen and oxygen atoms in total. The SMILES string of the molecule is CCNC(=O)CN(CC)[C@@H](C(=O)NC(=O)NC)c1ccccc1. The molecule has 1 aromatic carbocycles. The Labute approximate surface area is 136 Å². The molecule has 0 fully saturated rings. The van der Waals surface area contributed by atoms with Crippen molar-refractivity contribution in [2.75, 3.05) is 26.7 Å². The van der Waals surface area contributed by atoms with E-state index in [1.165, 1.54) is 7.05 Å². The maximum absolute atomic E-state index is 12.5. The van der Waals surface area contributed by atoms with Gasteiger partial charge >= 0.3 is 6.03 Å². The Hall–Kier alpha value is -2.41. The van der Waals surface area contributed by atoms with Gasteiger partial charge in [-0.2, -0.15) is 0 Å². The minimum Gasteiger partial charge on any atom is -0.355 e. The molecule has 0 aliphatic carbocycles. The summed E-state index contributed by atoms with van der Waals surface area (Å²) < 4.78 is 0. The number of nitrogens with one attached hydrogen (secondary N) is 3. The van der Waals surface area contributed by atoms with Crippen LogP contribution in [0.2, 0.25) is 0 Å². The van der Waals surface area contributed by atoms with Crippen LogP contribution >= 0.6 is 0 Å². The number of carbonyl (C=O) groups is 3. The number of carbonyl (C=O) groups excluding carboxylic acids is 3. The van der Waals surface area contributed by atoms with E-state index in [0.717, 1.165) is 5.56 Å². The monoisotopic (exact) mass is 320 g/mol. The maximum Gasteiger partial charge on any atom is 0.321 e. The summed E-state index contributed by atoms with van der Waals surface area (Å²) in [4.78, 5) is 37.6. The maximum atomic E-state index is 12.5. The zero-order chi connectivity index (χ0) is 17.2. The first-order valence-corrected chi connectivity index (χ1v) is 7.61. The van der Waals surface area contributed by atoms with Crippen LogP contribution in [0.5, 0.6) is 0 Å². The molecule has 0 saturated heterocycles. The first kappa shape index (κ1) is 18.6. The highest BCUT2D eigenvalue weighted by atomic mass is 16.2. The van der Waals surface area contributed by atoms with Crippen LogP contribution in [0.15, 0.2) is 30.3 Å². The van der Waals surface area contributed by atoms with E-state index in [-0.39, 0.29) is 12.5 Å². The van der Waals surface area contributed by atoms with E-state index >= 15 is 0 Å². The van der Waals surface area contributed by atoms with Gasteiger partial charge in [-0.1, -0.05) is 37.3 Å². The van der Waals surface area contributed by atoms with Crippen molar-refractivity contribution in [2.24, 2.45) is 0 Å². The minimum atomic E-state index is -0.721. The molecule has 1 rings (SSSR count). The summed E-state index contributed by atoms with van der Waals surface area (Å²) >= 11 is 0. The largest absolute Gasteiger partial charge is 0.355 e. The van der Waals surface area contributed by atoms with Crippen LogP contribution in [0.1, 0.15) is 25.5 Å². The number of amides is 4. The lowest BCUT2D eigenvalue weighted by Gasteiger charge is -2.29. The highest BCUT2D eigenvalue weighted by Gasteiger charge is 2.29. The second-order valence-corrected chi connectivity index (χ2v) is 4.90. The van der Waals surface area contributed by atoms with Crippen molar-refractivity contribution in [1.82, 2.24) is 20.9 Å². The zero-order valence-corrected chi connectivity index (χ0v) is 13.8. The summed E-state index contributed by atoms with van der Waals surface area (Å²) in [7, 11) is 1.44. The highest BCUT2D eigenvalue weighted by Crippen LogP contribution is 2.20. The van der Waals surface area contributed by atoms with Gasteiger partial charge in [0, 0.05) is 13.6 Å². The molecule has 0 bridgehead atoms. The van der Waals surface area contributed by atoms with Crippen LogP contribution < -0.4 is 16.0 Å². The molecule has 7 heteroatoms. The van der Waals surface area contributed by atoms with Crippen LogP contribution in [0.3, 0.4) is 0 Å². The van der Waals surface area contributed by atoms with Crippen molar-refractivity contribution in [1.29, 1.82) is 0 Å². The number of hydrogen-bond donors (Lipinski definition) is 3. The number of likely N-dealkylation sites (N-methyl/N-ethyl adjacent to an activating group) is 2. The van der Waals surface area contributed by atoms with E-state index in [9.17, 15) is 14.4 Å². The fourth-order valence-corrected chi connectivity index (χ4v) is 2.23. The third kappa shape index (κ3) is 5.71. The van der Waals surface area contributed by atoms with Crippen LogP contribution in [-0.2, 0) is 9.59 Å². The van der Waals surface area contributed by atoms with Crippen LogP contribution in [0.25, 0.3) is 0 Å². The Morgan fingerprint density at radius 1 is 1.13 bits per heavy atom. The zero-order valence-electron chi connectivity index (χ0n) is 13.8. The van der Waals surface area contributed by atoms with Crippen LogP contribution in [-0.4, -0.2) is 49.4 Å². The van der Waals surface area contributed by atoms with Gasteiger partial charge in [-0.25, -0.2) is 4.79 Å². The van der Waals surface area contributed by atoms with Crippen molar-refractivity contribution >= 4 is 17.8 Å². The summed E-state index contributed by atoms with van der Waals surface area (Å²) in [5.41, 5.74) is 0.722. The smallest absolute Gasteiger partial charge is 0.321 e. The number of imide groups is 1. The van der Waals surface area contributed by atoms with Crippen LogP contribution in [0, 0.1) is 0 Å². The summed E-state index contributed by atoms with van der Waals surface area (Å²) in [6.45, 7) is 4.78. The Morgan fingerprint density at radius 2 is 1.78 bits per heavy atom. The Kier molecular flexibility index (Phi) is 7.76. The summed E-state index contributed by atoms with van der Waals surface area (Å²) in [5.74, 6) is -0.635.